The van der Waals surface area contributed by atoms with E-state index in [0.29, 0.717) is 5.92 Å². The Bertz CT molecular complexity index is 1040. The Balaban J connectivity index is 1.48. The van der Waals surface area contributed by atoms with Crippen molar-refractivity contribution in [1.29, 1.82) is 0 Å². The maximum Gasteiger partial charge on any atom is 0.0705 e. The second-order valence-electron chi connectivity index (χ2n) is 9.07. The molecule has 4 rings (SSSR count). The number of hydrogen-bond donors (Lipinski definition) is 0. The predicted octanol–water partition coefficient (Wildman–Crippen LogP) is 10.1. The molecule has 0 aliphatic rings. The third-order valence-corrected chi connectivity index (χ3v) is 9.16. The molecule has 2 aromatic heterocycles. The van der Waals surface area contributed by atoms with Crippen LogP contribution in [0.4, 0.5) is 0 Å². The van der Waals surface area contributed by atoms with Gasteiger partial charge in [-0.2, -0.15) is 0 Å². The maximum absolute atomic E-state index is 3.57. The summed E-state index contributed by atoms with van der Waals surface area (Å²) >= 11 is 10.7. The first-order valence-electron chi connectivity index (χ1n) is 10.5. The van der Waals surface area contributed by atoms with Gasteiger partial charge in [0.2, 0.25) is 0 Å². The van der Waals surface area contributed by atoms with Crippen molar-refractivity contribution in [2.24, 2.45) is 11.3 Å². The largest absolute Gasteiger partial charge is 0.128 e. The molecule has 0 spiro atoms. The Labute approximate surface area is 210 Å². The Hall–Kier alpha value is -1.20. The molecule has 0 unspecified atom stereocenters. The third kappa shape index (κ3) is 5.98. The zero-order valence-corrected chi connectivity index (χ0v) is 22.8. The van der Waals surface area contributed by atoms with Crippen LogP contribution in [0.2, 0.25) is 0 Å². The van der Waals surface area contributed by atoms with E-state index in [-0.39, 0.29) is 5.41 Å². The van der Waals surface area contributed by atoms with Crippen LogP contribution in [-0.2, 0) is 12.8 Å². The van der Waals surface area contributed by atoms with Gasteiger partial charge in [0.1, 0.15) is 0 Å². The molecular formula is C27H26Br2S2. The summed E-state index contributed by atoms with van der Waals surface area (Å²) in [5, 5.41) is 0. The van der Waals surface area contributed by atoms with Gasteiger partial charge in [-0.25, -0.2) is 0 Å². The van der Waals surface area contributed by atoms with Crippen LogP contribution in [0.25, 0.3) is 20.9 Å². The lowest BCUT2D eigenvalue weighted by Gasteiger charge is -2.31. The van der Waals surface area contributed by atoms with Crippen LogP contribution in [0.1, 0.15) is 31.9 Å². The van der Waals surface area contributed by atoms with E-state index < -0.39 is 0 Å². The lowest BCUT2D eigenvalue weighted by atomic mass is 9.74. The molecule has 0 aliphatic carbocycles. The molecule has 0 aliphatic heterocycles. The minimum atomic E-state index is 0.245. The van der Waals surface area contributed by atoms with Crippen molar-refractivity contribution in [3.63, 3.8) is 0 Å². The number of rotatable bonds is 6. The standard InChI is InChI=1S/C27H26Br2S2/c1-27(2,3)22(16-18-4-8-20(9-5-18)23-12-14-25(28)30-23)17-19-6-10-21(11-7-19)24-13-15-26(29)31-24/h4-15,22H,16-17H2,1-3H3. The monoisotopic (exact) mass is 572 g/mol. The van der Waals surface area contributed by atoms with E-state index in [1.807, 2.05) is 0 Å². The summed E-state index contributed by atoms with van der Waals surface area (Å²) in [5.41, 5.74) is 5.66. The lowest BCUT2D eigenvalue weighted by molar-refractivity contribution is 0.237. The summed E-state index contributed by atoms with van der Waals surface area (Å²) in [5.74, 6) is 0.580. The fourth-order valence-electron chi connectivity index (χ4n) is 3.80. The van der Waals surface area contributed by atoms with Gasteiger partial charge in [0.25, 0.3) is 0 Å². The highest BCUT2D eigenvalue weighted by molar-refractivity contribution is 9.11. The minimum absolute atomic E-state index is 0.245. The summed E-state index contributed by atoms with van der Waals surface area (Å²) < 4.78 is 2.36. The van der Waals surface area contributed by atoms with Crippen LogP contribution >= 0.6 is 54.5 Å². The second-order valence-corrected chi connectivity index (χ2v) is 14.0. The summed E-state index contributed by atoms with van der Waals surface area (Å²) in [7, 11) is 0. The zero-order chi connectivity index (χ0) is 22.0. The van der Waals surface area contributed by atoms with Crippen molar-refractivity contribution in [3.05, 3.63) is 91.5 Å². The summed E-state index contributed by atoms with van der Waals surface area (Å²) in [4.78, 5) is 2.62. The van der Waals surface area contributed by atoms with Crippen molar-refractivity contribution >= 4 is 54.5 Å². The molecule has 0 bridgehead atoms. The van der Waals surface area contributed by atoms with E-state index in [1.165, 1.54) is 39.6 Å². The van der Waals surface area contributed by atoms with Crippen LogP contribution < -0.4 is 0 Å². The Kier molecular flexibility index (Phi) is 7.22. The zero-order valence-electron chi connectivity index (χ0n) is 18.0. The fraction of sp³-hybridized carbons (Fsp3) is 0.259. The lowest BCUT2D eigenvalue weighted by Crippen LogP contribution is -2.25. The van der Waals surface area contributed by atoms with Gasteiger partial charge < -0.3 is 0 Å². The van der Waals surface area contributed by atoms with Gasteiger partial charge in [-0.1, -0.05) is 69.3 Å². The second kappa shape index (κ2) is 9.74. The van der Waals surface area contributed by atoms with Crippen molar-refractivity contribution in [1.82, 2.24) is 0 Å². The predicted molar refractivity (Wildman–Crippen MR) is 145 cm³/mol. The molecule has 0 saturated heterocycles. The van der Waals surface area contributed by atoms with Crippen molar-refractivity contribution < 1.29 is 0 Å². The first-order valence-corrected chi connectivity index (χ1v) is 13.7. The van der Waals surface area contributed by atoms with Crippen LogP contribution in [0, 0.1) is 11.3 Å². The molecule has 0 amide bonds. The highest BCUT2D eigenvalue weighted by Crippen LogP contribution is 2.35. The molecule has 0 radical (unpaired) electrons. The van der Waals surface area contributed by atoms with Crippen molar-refractivity contribution in [2.45, 2.75) is 33.6 Å². The molecule has 0 fully saturated rings. The van der Waals surface area contributed by atoms with E-state index in [4.69, 9.17) is 0 Å². The number of thiophene rings is 2. The van der Waals surface area contributed by atoms with Gasteiger partial charge in [0.15, 0.2) is 0 Å². The average molecular weight is 574 g/mol. The van der Waals surface area contributed by atoms with Crippen molar-refractivity contribution in [3.8, 4) is 20.9 Å². The van der Waals surface area contributed by atoms with Crippen LogP contribution in [0.3, 0.4) is 0 Å². The van der Waals surface area contributed by atoms with Gasteiger partial charge >= 0.3 is 0 Å². The molecule has 0 N–H and O–H groups in total. The molecule has 0 nitrogen and oxygen atoms in total. The molecule has 2 heterocycles. The van der Waals surface area contributed by atoms with Crippen LogP contribution in [-0.4, -0.2) is 0 Å². The van der Waals surface area contributed by atoms with Gasteiger partial charge in [-0.05, 0) is 103 Å². The highest BCUT2D eigenvalue weighted by Gasteiger charge is 2.25. The van der Waals surface area contributed by atoms with Crippen LogP contribution in [0.15, 0.2) is 80.4 Å². The first kappa shape index (κ1) is 23.0. The highest BCUT2D eigenvalue weighted by atomic mass is 79.9. The molecular weight excluding hydrogens is 548 g/mol. The van der Waals surface area contributed by atoms with E-state index in [1.54, 1.807) is 22.7 Å². The molecule has 0 atom stereocenters. The molecule has 4 aromatic rings. The van der Waals surface area contributed by atoms with Crippen LogP contribution in [0.5, 0.6) is 0 Å². The number of halogens is 2. The SMILES string of the molecule is CC(C)(C)C(Cc1ccc(-c2ccc(Br)s2)cc1)Cc1ccc(-c2ccc(Br)s2)cc1. The molecule has 31 heavy (non-hydrogen) atoms. The average Bonchev–Trinajstić information content (AvgIpc) is 3.36. The quantitative estimate of drug-likeness (QED) is 0.215. The van der Waals surface area contributed by atoms with E-state index >= 15 is 0 Å². The molecule has 2 aromatic carbocycles. The number of hydrogen-bond acceptors (Lipinski definition) is 2. The van der Waals surface area contributed by atoms with Crippen molar-refractivity contribution in [2.75, 3.05) is 0 Å². The third-order valence-electron chi connectivity index (χ3n) is 5.81. The molecule has 160 valence electrons. The summed E-state index contributed by atoms with van der Waals surface area (Å²) in [6.07, 6.45) is 2.19. The van der Waals surface area contributed by atoms with Gasteiger partial charge in [0, 0.05) is 9.75 Å². The minimum Gasteiger partial charge on any atom is -0.128 e. The number of benzene rings is 2. The van der Waals surface area contributed by atoms with E-state index in [9.17, 15) is 0 Å². The van der Waals surface area contributed by atoms with E-state index in [0.717, 1.165) is 12.8 Å². The molecule has 0 saturated carbocycles. The Morgan fingerprint density at radius 1 is 0.613 bits per heavy atom. The van der Waals surface area contributed by atoms with E-state index in [2.05, 4.69) is 125 Å². The smallest absolute Gasteiger partial charge is 0.0705 e. The summed E-state index contributed by atoms with van der Waals surface area (Å²) in [6.45, 7) is 7.10. The normalized spacial score (nSPS) is 11.9. The topological polar surface area (TPSA) is 0 Å². The maximum atomic E-state index is 3.57. The summed E-state index contributed by atoms with van der Waals surface area (Å²) in [6, 6.07) is 26.9. The Morgan fingerprint density at radius 2 is 1.00 bits per heavy atom. The Morgan fingerprint density at radius 3 is 1.29 bits per heavy atom. The van der Waals surface area contributed by atoms with Gasteiger partial charge in [-0.3, -0.25) is 0 Å². The van der Waals surface area contributed by atoms with Gasteiger partial charge in [-0.15, -0.1) is 22.7 Å². The fourth-order valence-corrected chi connectivity index (χ4v) is 6.59. The van der Waals surface area contributed by atoms with Gasteiger partial charge in [0.05, 0.1) is 7.57 Å². The first-order chi connectivity index (χ1) is 14.8. The molecule has 4 heteroatoms.